The maximum Gasteiger partial charge on any atom is 0.240 e. The Morgan fingerprint density at radius 3 is 2.59 bits per heavy atom. The van der Waals surface area contributed by atoms with E-state index in [1.54, 1.807) is 0 Å². The number of piperidine rings is 1. The highest BCUT2D eigenvalue weighted by atomic mass is 35.5. The zero-order valence-electron chi connectivity index (χ0n) is 16.5. The SMILES string of the molecule is Cl.Cl.O=C([C@@H]1C[C@H](N2CCC(n3ccc4ccccc43)CC2)CN1)N1CCSC1. The lowest BCUT2D eigenvalue weighted by molar-refractivity contribution is -0.131. The second-order valence-corrected chi connectivity index (χ2v) is 9.11. The number of amides is 1. The molecule has 4 heterocycles. The van der Waals surface area contributed by atoms with E-state index in [0.29, 0.717) is 18.0 Å². The van der Waals surface area contributed by atoms with Crippen molar-refractivity contribution in [2.24, 2.45) is 0 Å². The summed E-state index contributed by atoms with van der Waals surface area (Å²) >= 11 is 1.86. The minimum atomic E-state index is 0. The van der Waals surface area contributed by atoms with Crippen LogP contribution in [0.4, 0.5) is 0 Å². The topological polar surface area (TPSA) is 40.5 Å². The number of rotatable bonds is 3. The minimum absolute atomic E-state index is 0. The van der Waals surface area contributed by atoms with Crippen molar-refractivity contribution in [3.8, 4) is 0 Å². The van der Waals surface area contributed by atoms with Crippen LogP contribution in [0, 0.1) is 0 Å². The third kappa shape index (κ3) is 4.57. The lowest BCUT2D eigenvalue weighted by Crippen LogP contribution is -2.43. The van der Waals surface area contributed by atoms with E-state index in [9.17, 15) is 4.79 Å². The summed E-state index contributed by atoms with van der Waals surface area (Å²) in [5, 5.41) is 4.83. The number of aromatic nitrogens is 1. The van der Waals surface area contributed by atoms with Gasteiger partial charge in [0.15, 0.2) is 0 Å². The monoisotopic (exact) mass is 456 g/mol. The smallest absolute Gasteiger partial charge is 0.240 e. The largest absolute Gasteiger partial charge is 0.344 e. The van der Waals surface area contributed by atoms with Crippen molar-refractivity contribution in [3.05, 3.63) is 36.5 Å². The van der Waals surface area contributed by atoms with Gasteiger partial charge in [-0.25, -0.2) is 0 Å². The van der Waals surface area contributed by atoms with Gasteiger partial charge in [0.25, 0.3) is 0 Å². The van der Waals surface area contributed by atoms with Crippen LogP contribution >= 0.6 is 36.6 Å². The molecule has 2 atom stereocenters. The van der Waals surface area contributed by atoms with Crippen molar-refractivity contribution in [2.75, 3.05) is 37.8 Å². The van der Waals surface area contributed by atoms with Crippen LogP contribution in [0.3, 0.4) is 0 Å². The Bertz CT molecular complexity index is 818. The number of nitrogens with zero attached hydrogens (tertiary/aromatic N) is 3. The van der Waals surface area contributed by atoms with Gasteiger partial charge in [0, 0.05) is 55.7 Å². The van der Waals surface area contributed by atoms with Crippen LogP contribution in [-0.4, -0.2) is 70.2 Å². The molecule has 5 nitrogen and oxygen atoms in total. The lowest BCUT2D eigenvalue weighted by atomic mass is 10.0. The first-order chi connectivity index (χ1) is 13.3. The van der Waals surface area contributed by atoms with Gasteiger partial charge in [0.05, 0.1) is 11.9 Å². The van der Waals surface area contributed by atoms with Gasteiger partial charge in [-0.2, -0.15) is 0 Å². The summed E-state index contributed by atoms with van der Waals surface area (Å²) < 4.78 is 2.47. The zero-order valence-corrected chi connectivity index (χ0v) is 19.0. The third-order valence-corrected chi connectivity index (χ3v) is 7.47. The Labute approximate surface area is 189 Å². The Morgan fingerprint density at radius 2 is 1.83 bits per heavy atom. The first-order valence-electron chi connectivity index (χ1n) is 10.2. The summed E-state index contributed by atoms with van der Waals surface area (Å²) in [7, 11) is 0. The fourth-order valence-corrected chi connectivity index (χ4v) is 5.90. The number of fused-ring (bicyclic) bond motifs is 1. The van der Waals surface area contributed by atoms with Crippen LogP contribution in [-0.2, 0) is 4.79 Å². The number of hydrogen-bond donors (Lipinski definition) is 1. The molecule has 3 fully saturated rings. The molecule has 1 amide bonds. The summed E-state index contributed by atoms with van der Waals surface area (Å²) in [5.41, 5.74) is 1.35. The van der Waals surface area contributed by atoms with Crippen molar-refractivity contribution < 1.29 is 4.79 Å². The fourth-order valence-electron chi connectivity index (χ4n) is 4.94. The summed E-state index contributed by atoms with van der Waals surface area (Å²) in [6.07, 6.45) is 5.61. The van der Waals surface area contributed by atoms with E-state index in [4.69, 9.17) is 0 Å². The van der Waals surface area contributed by atoms with Crippen LogP contribution in [0.15, 0.2) is 36.5 Å². The van der Waals surface area contributed by atoms with E-state index >= 15 is 0 Å². The molecular weight excluding hydrogens is 427 g/mol. The van der Waals surface area contributed by atoms with Crippen molar-refractivity contribution >= 4 is 53.4 Å². The van der Waals surface area contributed by atoms with Crippen LogP contribution in [0.25, 0.3) is 10.9 Å². The molecule has 3 aliphatic heterocycles. The molecule has 1 aromatic carbocycles. The van der Waals surface area contributed by atoms with Crippen molar-refractivity contribution in [1.29, 1.82) is 0 Å². The summed E-state index contributed by atoms with van der Waals surface area (Å²) in [6, 6.07) is 12.0. The molecular formula is C21H30Cl2N4OS. The Kier molecular flexibility index (Phi) is 7.79. The summed E-state index contributed by atoms with van der Waals surface area (Å²) in [6.45, 7) is 4.13. The highest BCUT2D eigenvalue weighted by molar-refractivity contribution is 7.99. The average Bonchev–Trinajstić information content (AvgIpc) is 3.48. The minimum Gasteiger partial charge on any atom is -0.344 e. The molecule has 3 saturated heterocycles. The number of benzene rings is 1. The molecule has 0 unspecified atom stereocenters. The molecule has 0 aliphatic carbocycles. The first kappa shape index (κ1) is 22.8. The maximum atomic E-state index is 12.6. The predicted molar refractivity (Wildman–Crippen MR) is 126 cm³/mol. The Hall–Kier alpha value is -0.920. The van der Waals surface area contributed by atoms with E-state index in [1.165, 1.54) is 23.7 Å². The standard InChI is InChI=1S/C21H28N4OS.2ClH/c26-21(24-11-12-27-15-24)19-13-18(14-22-19)23-8-6-17(7-9-23)25-10-5-16-3-1-2-4-20(16)25;;/h1-5,10,17-19,22H,6-9,11-15H2;2*1H/t18-,19-;;/m0../s1. The molecule has 5 rings (SSSR count). The fraction of sp³-hybridized carbons (Fsp3) is 0.571. The van der Waals surface area contributed by atoms with E-state index < -0.39 is 0 Å². The Balaban J connectivity index is 0.00000120. The van der Waals surface area contributed by atoms with Crippen LogP contribution in [0.5, 0.6) is 0 Å². The number of carbonyl (C=O) groups excluding carboxylic acids is 1. The molecule has 1 N–H and O–H groups in total. The highest BCUT2D eigenvalue weighted by Gasteiger charge is 2.37. The number of thioether (sulfide) groups is 1. The quantitative estimate of drug-likeness (QED) is 0.768. The van der Waals surface area contributed by atoms with Gasteiger partial charge in [0.2, 0.25) is 5.91 Å². The Morgan fingerprint density at radius 1 is 1.03 bits per heavy atom. The van der Waals surface area contributed by atoms with Gasteiger partial charge < -0.3 is 14.8 Å². The molecule has 3 aliphatic rings. The second kappa shape index (κ2) is 9.92. The highest BCUT2D eigenvalue weighted by Crippen LogP contribution is 2.30. The van der Waals surface area contributed by atoms with Gasteiger partial charge >= 0.3 is 0 Å². The first-order valence-corrected chi connectivity index (χ1v) is 11.3. The number of nitrogens with one attached hydrogen (secondary N) is 1. The number of para-hydroxylation sites is 1. The van der Waals surface area contributed by atoms with Gasteiger partial charge in [-0.3, -0.25) is 9.69 Å². The molecule has 0 spiro atoms. The van der Waals surface area contributed by atoms with Crippen LogP contribution in [0.1, 0.15) is 25.3 Å². The lowest BCUT2D eigenvalue weighted by Gasteiger charge is -2.36. The number of likely N-dealkylation sites (tertiary alicyclic amines) is 1. The molecule has 0 bridgehead atoms. The summed E-state index contributed by atoms with van der Waals surface area (Å²) in [5.74, 6) is 2.28. The van der Waals surface area contributed by atoms with E-state index in [2.05, 4.69) is 51.3 Å². The van der Waals surface area contributed by atoms with Gasteiger partial charge in [0.1, 0.15) is 0 Å². The zero-order chi connectivity index (χ0) is 18.2. The molecule has 1 aromatic heterocycles. The molecule has 8 heteroatoms. The van der Waals surface area contributed by atoms with Crippen molar-refractivity contribution in [2.45, 2.75) is 37.4 Å². The van der Waals surface area contributed by atoms with Gasteiger partial charge in [-0.1, -0.05) is 18.2 Å². The molecule has 0 radical (unpaired) electrons. The molecule has 2 aromatic rings. The van der Waals surface area contributed by atoms with Crippen LogP contribution < -0.4 is 5.32 Å². The van der Waals surface area contributed by atoms with E-state index in [-0.39, 0.29) is 30.9 Å². The summed E-state index contributed by atoms with van der Waals surface area (Å²) in [4.78, 5) is 17.3. The van der Waals surface area contributed by atoms with Crippen LogP contribution in [0.2, 0.25) is 0 Å². The number of carbonyl (C=O) groups is 1. The molecule has 0 saturated carbocycles. The predicted octanol–water partition coefficient (Wildman–Crippen LogP) is 3.39. The van der Waals surface area contributed by atoms with E-state index in [0.717, 1.165) is 44.2 Å². The number of halogens is 2. The van der Waals surface area contributed by atoms with Gasteiger partial charge in [-0.15, -0.1) is 36.6 Å². The number of hydrogen-bond acceptors (Lipinski definition) is 4. The maximum absolute atomic E-state index is 12.6. The van der Waals surface area contributed by atoms with Crippen molar-refractivity contribution in [3.63, 3.8) is 0 Å². The van der Waals surface area contributed by atoms with Crippen molar-refractivity contribution in [1.82, 2.24) is 19.7 Å². The van der Waals surface area contributed by atoms with Gasteiger partial charge in [-0.05, 0) is 36.8 Å². The molecule has 29 heavy (non-hydrogen) atoms. The molecule has 160 valence electrons. The second-order valence-electron chi connectivity index (χ2n) is 8.04. The average molecular weight is 457 g/mol. The normalized spacial score (nSPS) is 25.7. The van der Waals surface area contributed by atoms with E-state index in [1.807, 2.05) is 16.7 Å². The third-order valence-electron chi connectivity index (χ3n) is 6.51.